The molecule has 0 spiro atoms. The Bertz CT molecular complexity index is 1280. The summed E-state index contributed by atoms with van der Waals surface area (Å²) < 4.78 is 8.88. The molecule has 0 aliphatic carbocycles. The largest absolute Gasteiger partial charge is 0.508 e. The van der Waals surface area contributed by atoms with Gasteiger partial charge in [-0.15, -0.1) is 0 Å². The Kier molecular flexibility index (Phi) is 9.25. The van der Waals surface area contributed by atoms with E-state index in [-0.39, 0.29) is 17.8 Å². The van der Waals surface area contributed by atoms with Crippen molar-refractivity contribution < 1.29 is 24.4 Å². The highest BCUT2D eigenvalue weighted by Gasteiger charge is 2.26. The summed E-state index contributed by atoms with van der Waals surface area (Å²) in [7, 11) is -4.64. The minimum atomic E-state index is -4.64. The van der Waals surface area contributed by atoms with E-state index in [1.165, 1.54) is 27.8 Å². The molecule has 4 aromatic carbocycles. The fraction of sp³-hybridized carbons (Fsp3) is 0.200. The van der Waals surface area contributed by atoms with Gasteiger partial charge in [0.2, 0.25) is 0 Å². The van der Waals surface area contributed by atoms with E-state index in [1.807, 2.05) is 12.1 Å². The molecule has 0 saturated heterocycles. The minimum absolute atomic E-state index is 0.0882. The van der Waals surface area contributed by atoms with Gasteiger partial charge in [0.15, 0.2) is 0 Å². The van der Waals surface area contributed by atoms with Crippen LogP contribution in [0.15, 0.2) is 103 Å². The zero-order chi connectivity index (χ0) is 26.3. The topological polar surface area (TPSA) is 98.0 Å². The summed E-state index contributed by atoms with van der Waals surface area (Å²) >= 11 is 0. The van der Waals surface area contributed by atoms with Crippen LogP contribution in [0.2, 0.25) is 0 Å². The van der Waals surface area contributed by atoms with Crippen LogP contribution in [0.1, 0.15) is 71.9 Å². The van der Waals surface area contributed by atoms with E-state index in [9.17, 15) is 5.11 Å². The summed E-state index contributed by atoms with van der Waals surface area (Å²) in [5.74, 6) is 0.851. The minimum Gasteiger partial charge on any atom is -0.508 e. The first kappa shape index (κ1) is 27.4. The van der Waals surface area contributed by atoms with E-state index in [0.29, 0.717) is 5.75 Å². The van der Waals surface area contributed by atoms with Gasteiger partial charge >= 0.3 is 7.82 Å². The molecule has 36 heavy (non-hydrogen) atoms. The standard InChI is InChI=1S/C30H30O.H3O4P/c1-21(24-13-7-4-8-14-24)27-19-20-28(31)30(23(3)26-17-11-6-12-18-26)29(27)22(2)25-15-9-5-10-16-25;1-5(2,3)4/h4-23,31H,1-3H3;(H3,1,2,3,4). The number of phenols is 1. The summed E-state index contributed by atoms with van der Waals surface area (Å²) in [6, 6.07) is 35.7. The molecule has 0 radical (unpaired) electrons. The van der Waals surface area contributed by atoms with Crippen LogP contribution in [-0.2, 0) is 4.57 Å². The van der Waals surface area contributed by atoms with Gasteiger partial charge in [0.1, 0.15) is 5.75 Å². The molecule has 0 aromatic heterocycles. The van der Waals surface area contributed by atoms with Crippen molar-refractivity contribution in [3.8, 4) is 5.75 Å². The first-order chi connectivity index (χ1) is 17.1. The van der Waals surface area contributed by atoms with Crippen molar-refractivity contribution in [3.63, 3.8) is 0 Å². The normalized spacial score (nSPS) is 13.7. The SMILES string of the molecule is CC(c1ccccc1)c1ccc(O)c(C(C)c2ccccc2)c1C(C)c1ccccc1.O=P(O)(O)O. The summed E-state index contributed by atoms with van der Waals surface area (Å²) in [5, 5.41) is 11.1. The van der Waals surface area contributed by atoms with Crippen LogP contribution in [0, 0.1) is 0 Å². The van der Waals surface area contributed by atoms with E-state index in [0.717, 1.165) is 5.56 Å². The molecule has 4 N–H and O–H groups in total. The van der Waals surface area contributed by atoms with Gasteiger partial charge in [-0.2, -0.15) is 0 Å². The second kappa shape index (κ2) is 12.2. The third-order valence-electron chi connectivity index (χ3n) is 6.53. The second-order valence-corrected chi connectivity index (χ2v) is 9.94. The summed E-state index contributed by atoms with van der Waals surface area (Å²) in [5.41, 5.74) is 7.30. The third kappa shape index (κ3) is 7.16. The third-order valence-corrected chi connectivity index (χ3v) is 6.53. The van der Waals surface area contributed by atoms with E-state index in [4.69, 9.17) is 19.2 Å². The van der Waals surface area contributed by atoms with Crippen molar-refractivity contribution in [1.29, 1.82) is 0 Å². The Hall–Kier alpha value is -3.21. The maximum absolute atomic E-state index is 11.1. The quantitative estimate of drug-likeness (QED) is 0.214. The molecule has 0 amide bonds. The Morgan fingerprint density at radius 1 is 0.528 bits per heavy atom. The molecule has 188 valence electrons. The summed E-state index contributed by atoms with van der Waals surface area (Å²) in [6.45, 7) is 6.72. The first-order valence-electron chi connectivity index (χ1n) is 11.9. The molecule has 0 heterocycles. The lowest BCUT2D eigenvalue weighted by Crippen LogP contribution is -2.12. The molecule has 0 bridgehead atoms. The second-order valence-electron chi connectivity index (χ2n) is 8.91. The lowest BCUT2D eigenvalue weighted by Gasteiger charge is -2.28. The van der Waals surface area contributed by atoms with Crippen LogP contribution in [0.5, 0.6) is 5.75 Å². The summed E-state index contributed by atoms with van der Waals surface area (Å²) in [6.07, 6.45) is 0. The van der Waals surface area contributed by atoms with Crippen LogP contribution in [0.3, 0.4) is 0 Å². The molecule has 6 heteroatoms. The van der Waals surface area contributed by atoms with Crippen molar-refractivity contribution in [1.82, 2.24) is 0 Å². The molecular weight excluding hydrogens is 471 g/mol. The summed E-state index contributed by atoms with van der Waals surface area (Å²) in [4.78, 5) is 21.6. The number of phosphoric acid groups is 1. The molecule has 3 unspecified atom stereocenters. The van der Waals surface area contributed by atoms with Gasteiger partial charge in [0.25, 0.3) is 0 Å². The smallest absolute Gasteiger partial charge is 0.466 e. The fourth-order valence-corrected chi connectivity index (χ4v) is 4.70. The van der Waals surface area contributed by atoms with E-state index in [1.54, 1.807) is 0 Å². The molecule has 3 atom stereocenters. The van der Waals surface area contributed by atoms with Crippen molar-refractivity contribution >= 4 is 7.82 Å². The molecule has 5 nitrogen and oxygen atoms in total. The number of hydrogen-bond acceptors (Lipinski definition) is 2. The molecule has 4 aromatic rings. The highest BCUT2D eigenvalue weighted by Crippen LogP contribution is 2.44. The number of phenolic OH excluding ortho intramolecular Hbond substituents is 1. The van der Waals surface area contributed by atoms with Gasteiger partial charge < -0.3 is 19.8 Å². The molecule has 0 aliphatic heterocycles. The molecule has 4 rings (SSSR count). The monoisotopic (exact) mass is 504 g/mol. The number of benzene rings is 4. The van der Waals surface area contributed by atoms with Crippen LogP contribution < -0.4 is 0 Å². The van der Waals surface area contributed by atoms with Gasteiger partial charge in [-0.05, 0) is 33.9 Å². The zero-order valence-corrected chi connectivity index (χ0v) is 21.6. The van der Waals surface area contributed by atoms with Gasteiger partial charge in [0.05, 0.1) is 0 Å². The van der Waals surface area contributed by atoms with E-state index < -0.39 is 7.82 Å². The average Bonchev–Trinajstić information content (AvgIpc) is 2.88. The Morgan fingerprint density at radius 3 is 1.25 bits per heavy atom. The predicted octanol–water partition coefficient (Wildman–Crippen LogP) is 6.92. The van der Waals surface area contributed by atoms with E-state index >= 15 is 0 Å². The number of rotatable bonds is 6. The fourth-order valence-electron chi connectivity index (χ4n) is 4.70. The molecule has 0 fully saturated rings. The highest BCUT2D eigenvalue weighted by atomic mass is 31.2. The predicted molar refractivity (Wildman–Crippen MR) is 144 cm³/mol. The highest BCUT2D eigenvalue weighted by molar-refractivity contribution is 7.45. The van der Waals surface area contributed by atoms with Crippen molar-refractivity contribution in [2.45, 2.75) is 38.5 Å². The van der Waals surface area contributed by atoms with Gasteiger partial charge in [-0.25, -0.2) is 4.57 Å². The first-order valence-corrected chi connectivity index (χ1v) is 13.4. The Balaban J connectivity index is 0.000000658. The van der Waals surface area contributed by atoms with Crippen molar-refractivity contribution in [2.75, 3.05) is 0 Å². The average molecular weight is 505 g/mol. The zero-order valence-electron chi connectivity index (χ0n) is 20.7. The Labute approximate surface area is 213 Å². The van der Waals surface area contributed by atoms with Crippen LogP contribution in [0.25, 0.3) is 0 Å². The molecule has 0 aliphatic rings. The lowest BCUT2D eigenvalue weighted by atomic mass is 9.76. The van der Waals surface area contributed by atoms with Crippen LogP contribution in [-0.4, -0.2) is 19.8 Å². The lowest BCUT2D eigenvalue weighted by molar-refractivity contribution is 0.275. The van der Waals surface area contributed by atoms with Crippen LogP contribution in [0.4, 0.5) is 0 Å². The van der Waals surface area contributed by atoms with Gasteiger partial charge in [-0.3, -0.25) is 0 Å². The van der Waals surface area contributed by atoms with Crippen LogP contribution >= 0.6 is 7.82 Å². The number of aromatic hydroxyl groups is 1. The van der Waals surface area contributed by atoms with Crippen molar-refractivity contribution in [2.24, 2.45) is 0 Å². The van der Waals surface area contributed by atoms with Crippen molar-refractivity contribution in [3.05, 3.63) is 137 Å². The Morgan fingerprint density at radius 2 is 0.861 bits per heavy atom. The van der Waals surface area contributed by atoms with E-state index in [2.05, 4.69) is 112 Å². The maximum Gasteiger partial charge on any atom is 0.466 e. The number of hydrogen-bond donors (Lipinski definition) is 4. The molecular formula is C30H33O5P. The van der Waals surface area contributed by atoms with Gasteiger partial charge in [-0.1, -0.05) is 118 Å². The van der Waals surface area contributed by atoms with Gasteiger partial charge in [0, 0.05) is 23.3 Å². The molecule has 0 saturated carbocycles. The maximum atomic E-state index is 11.1.